The van der Waals surface area contributed by atoms with E-state index in [9.17, 15) is 14.4 Å². The first-order valence-corrected chi connectivity index (χ1v) is 20.6. The Balaban J connectivity index is 1.06. The average molecular weight is 776 g/mol. The summed E-state index contributed by atoms with van der Waals surface area (Å²) < 4.78 is 10.6. The van der Waals surface area contributed by atoms with Crippen LogP contribution in [0.4, 0.5) is 9.59 Å². The Kier molecular flexibility index (Phi) is 9.84. The number of amides is 3. The van der Waals surface area contributed by atoms with Crippen molar-refractivity contribution in [3.8, 4) is 11.1 Å². The Morgan fingerprint density at radius 3 is 1.98 bits per heavy atom. The molecule has 56 heavy (non-hydrogen) atoms. The lowest BCUT2D eigenvalue weighted by Gasteiger charge is -2.29. The number of H-pyrrole nitrogens is 2. The molecule has 8 rings (SSSR count). The maximum Gasteiger partial charge on any atom is 0.410 e. The molecule has 0 saturated carbocycles. The van der Waals surface area contributed by atoms with Gasteiger partial charge in [-0.25, -0.2) is 19.6 Å². The number of likely N-dealkylation sites (tertiary alicyclic amines) is 2. The molecule has 3 N–H and O–H groups in total. The van der Waals surface area contributed by atoms with E-state index in [0.717, 1.165) is 85.6 Å². The summed E-state index contributed by atoms with van der Waals surface area (Å²) in [5, 5.41) is 7.32. The fourth-order valence-corrected chi connectivity index (χ4v) is 8.96. The minimum Gasteiger partial charge on any atom is -0.453 e. The number of rotatable bonds is 7. The smallest absolute Gasteiger partial charge is 0.410 e. The first-order valence-electron chi connectivity index (χ1n) is 19.3. The molecule has 2 aliphatic heterocycles. The van der Waals surface area contributed by atoms with Gasteiger partial charge in [-0.3, -0.25) is 9.69 Å². The summed E-state index contributed by atoms with van der Waals surface area (Å²) in [5.41, 5.74) is 5.22. The third-order valence-corrected chi connectivity index (χ3v) is 12.1. The highest BCUT2D eigenvalue weighted by atomic mass is 32.2. The Bertz CT molecular complexity index is 2490. The molecule has 3 amide bonds. The normalized spacial score (nSPS) is 19.5. The lowest BCUT2D eigenvalue weighted by atomic mass is 9.98. The molecule has 4 aromatic carbocycles. The zero-order chi connectivity index (χ0) is 39.5. The molecule has 292 valence electrons. The Morgan fingerprint density at radius 2 is 1.45 bits per heavy atom. The van der Waals surface area contributed by atoms with Crippen molar-refractivity contribution >= 4 is 73.5 Å². The minimum absolute atomic E-state index is 0.105. The van der Waals surface area contributed by atoms with Crippen LogP contribution in [-0.4, -0.2) is 91.2 Å². The van der Waals surface area contributed by atoms with Gasteiger partial charge in [0.1, 0.15) is 23.3 Å². The van der Waals surface area contributed by atoms with Crippen molar-refractivity contribution in [2.75, 3.05) is 26.5 Å². The van der Waals surface area contributed by atoms with Crippen molar-refractivity contribution < 1.29 is 23.9 Å². The number of hydrogen-bond acceptors (Lipinski definition) is 8. The first-order chi connectivity index (χ1) is 26.8. The number of nitrogens with one attached hydrogen (secondary N) is 3. The fraction of sp³-hybridized carbons (Fsp3) is 0.419. The summed E-state index contributed by atoms with van der Waals surface area (Å²) in [7, 11) is 1.30. The lowest BCUT2D eigenvalue weighted by molar-refractivity contribution is -0.135. The van der Waals surface area contributed by atoms with Gasteiger partial charge in [0.05, 0.1) is 41.3 Å². The number of imidazole rings is 2. The van der Waals surface area contributed by atoms with Gasteiger partial charge >= 0.3 is 12.2 Å². The topological polar surface area (TPSA) is 146 Å². The molecule has 2 fully saturated rings. The highest BCUT2D eigenvalue weighted by Crippen LogP contribution is 2.39. The number of nitrogens with zero attached hydrogens (tertiary/aromatic N) is 4. The molecular weight excluding hydrogens is 727 g/mol. The van der Waals surface area contributed by atoms with Crippen LogP contribution in [0.15, 0.2) is 60.7 Å². The molecule has 2 saturated heterocycles. The van der Waals surface area contributed by atoms with Crippen molar-refractivity contribution in [3.63, 3.8) is 0 Å². The van der Waals surface area contributed by atoms with E-state index < -0.39 is 17.7 Å². The van der Waals surface area contributed by atoms with Gasteiger partial charge in [-0.1, -0.05) is 50.2 Å². The van der Waals surface area contributed by atoms with Crippen LogP contribution in [0, 0.1) is 5.92 Å². The van der Waals surface area contributed by atoms with Crippen molar-refractivity contribution in [1.29, 1.82) is 0 Å². The molecule has 4 atom stereocenters. The zero-order valence-electron chi connectivity index (χ0n) is 32.9. The van der Waals surface area contributed by atoms with Crippen molar-refractivity contribution in [1.82, 2.24) is 35.1 Å². The van der Waals surface area contributed by atoms with Crippen LogP contribution in [0.1, 0.15) is 77.6 Å². The minimum atomic E-state index is -0.689. The second kappa shape index (κ2) is 14.6. The summed E-state index contributed by atoms with van der Waals surface area (Å²) in [6.07, 6.45) is 3.61. The van der Waals surface area contributed by atoms with Crippen LogP contribution in [0.3, 0.4) is 0 Å². The Labute approximate surface area is 330 Å². The van der Waals surface area contributed by atoms with Crippen LogP contribution >= 0.6 is 11.8 Å². The number of benzene rings is 4. The van der Waals surface area contributed by atoms with Crippen LogP contribution in [-0.2, 0) is 14.3 Å². The number of carbonyl (C=O) groups is 3. The summed E-state index contributed by atoms with van der Waals surface area (Å²) in [6.45, 7) is 10.7. The van der Waals surface area contributed by atoms with E-state index in [2.05, 4.69) is 70.1 Å². The first kappa shape index (κ1) is 37.6. The van der Waals surface area contributed by atoms with Crippen LogP contribution in [0.25, 0.3) is 54.7 Å². The number of alkyl carbamates (subject to hydrolysis) is 1. The average Bonchev–Trinajstić information content (AvgIpc) is 3.99. The van der Waals surface area contributed by atoms with Crippen molar-refractivity contribution in [2.45, 2.75) is 82.9 Å². The second-order valence-corrected chi connectivity index (χ2v) is 17.5. The molecule has 12 nitrogen and oxygen atoms in total. The van der Waals surface area contributed by atoms with E-state index in [1.165, 1.54) is 7.11 Å². The number of fused-ring (bicyclic) bond motifs is 6. The molecule has 0 spiro atoms. The van der Waals surface area contributed by atoms with Crippen LogP contribution < -0.4 is 5.32 Å². The van der Waals surface area contributed by atoms with Gasteiger partial charge in [-0.05, 0) is 98.4 Å². The predicted molar refractivity (Wildman–Crippen MR) is 222 cm³/mol. The van der Waals surface area contributed by atoms with E-state index in [1.54, 1.807) is 11.8 Å². The summed E-state index contributed by atoms with van der Waals surface area (Å²) in [6, 6.07) is 20.2. The molecule has 1 unspecified atom stereocenters. The van der Waals surface area contributed by atoms with Crippen molar-refractivity contribution in [2.24, 2.45) is 5.92 Å². The summed E-state index contributed by atoms with van der Waals surface area (Å²) >= 11 is 1.77. The Morgan fingerprint density at radius 1 is 0.857 bits per heavy atom. The molecule has 0 bridgehead atoms. The highest BCUT2D eigenvalue weighted by molar-refractivity contribution is 7.99. The SMILES string of the molecule is COC(=O)N[C@H](C(=O)N1CCC[C@H]1c1nc2ccc3cc(-c4ccc5c(ccc6nc(C7C[C@H](SC)CN7C(=O)OC(C)(C)C)[nH]c65)c4)ccc3c2[nH]1)C(C)C. The number of hydrogen-bond donors (Lipinski definition) is 3. The highest BCUT2D eigenvalue weighted by Gasteiger charge is 2.40. The van der Waals surface area contributed by atoms with Gasteiger partial charge in [0, 0.05) is 29.1 Å². The molecular formula is C43H49N7O5S. The molecule has 6 aromatic rings. The van der Waals surface area contributed by atoms with Crippen LogP contribution in [0.5, 0.6) is 0 Å². The van der Waals surface area contributed by atoms with Gasteiger partial charge in [0.25, 0.3) is 0 Å². The number of thioether (sulfide) groups is 1. The van der Waals surface area contributed by atoms with E-state index in [-0.39, 0.29) is 30.0 Å². The predicted octanol–water partition coefficient (Wildman–Crippen LogP) is 8.87. The Hall–Kier alpha value is -5.30. The number of aromatic nitrogens is 4. The summed E-state index contributed by atoms with van der Waals surface area (Å²) in [5.74, 6) is 1.30. The largest absolute Gasteiger partial charge is 0.453 e. The van der Waals surface area contributed by atoms with Gasteiger partial charge in [0.2, 0.25) is 5.91 Å². The molecule has 2 aromatic heterocycles. The molecule has 4 heterocycles. The van der Waals surface area contributed by atoms with Crippen LogP contribution in [0.2, 0.25) is 0 Å². The quantitative estimate of drug-likeness (QED) is 0.146. The molecule has 0 radical (unpaired) electrons. The maximum absolute atomic E-state index is 13.7. The van der Waals surface area contributed by atoms with E-state index in [1.807, 2.05) is 56.6 Å². The second-order valence-electron chi connectivity index (χ2n) is 16.3. The molecule has 2 aliphatic rings. The van der Waals surface area contributed by atoms with E-state index >= 15 is 0 Å². The van der Waals surface area contributed by atoms with Gasteiger partial charge in [0.15, 0.2) is 0 Å². The van der Waals surface area contributed by atoms with E-state index in [4.69, 9.17) is 19.4 Å². The zero-order valence-corrected chi connectivity index (χ0v) is 33.8. The van der Waals surface area contributed by atoms with Crippen molar-refractivity contribution in [3.05, 3.63) is 72.3 Å². The summed E-state index contributed by atoms with van der Waals surface area (Å²) in [4.78, 5) is 59.8. The number of carbonyl (C=O) groups excluding carboxylic acids is 3. The third kappa shape index (κ3) is 7.01. The monoisotopic (exact) mass is 775 g/mol. The third-order valence-electron chi connectivity index (χ3n) is 11.1. The van der Waals surface area contributed by atoms with Gasteiger partial charge in [-0.15, -0.1) is 0 Å². The molecule has 0 aliphatic carbocycles. The number of aromatic amines is 2. The number of methoxy groups -OCH3 is 1. The molecule has 13 heteroatoms. The lowest BCUT2D eigenvalue weighted by Crippen LogP contribution is -2.51. The number of ether oxygens (including phenoxy) is 2. The van der Waals surface area contributed by atoms with E-state index in [0.29, 0.717) is 18.3 Å². The maximum atomic E-state index is 13.7. The van der Waals surface area contributed by atoms with Gasteiger partial charge < -0.3 is 29.7 Å². The fourth-order valence-electron chi connectivity index (χ4n) is 8.27. The van der Waals surface area contributed by atoms with Gasteiger partial charge in [-0.2, -0.15) is 11.8 Å². The standard InChI is InChI=1S/C43H49N7O5S/c1-23(2)35(48-41(52)54-6)40(51)49-18-8-9-33(49)38-44-31-16-12-26-19-24(10-14-29(26)36(31)46-38)25-11-15-30-27(20-25)13-17-32-37(30)47-39(45-32)34-21-28(56-7)22-50(34)42(53)55-43(3,4)5/h10-17,19-20,23,28,33-35H,8-9,18,21-22H2,1-7H3,(H,44,46)(H,45,47)(H,48,52)/t28-,33-,34?,35-/m0/s1.